The largest absolute Gasteiger partial charge is 0.400 e. The van der Waals surface area contributed by atoms with Crippen LogP contribution < -0.4 is 0 Å². The minimum Gasteiger partial charge on any atom is -0.400 e. The Morgan fingerprint density at radius 2 is 1.37 bits per heavy atom. The van der Waals surface area contributed by atoms with Gasteiger partial charge in [-0.1, -0.05) is 119 Å². The third kappa shape index (κ3) is 52.0. The van der Waals surface area contributed by atoms with Crippen LogP contribution in [0.2, 0.25) is 0 Å². The van der Waals surface area contributed by atoms with Crippen molar-refractivity contribution in [2.45, 2.75) is 147 Å². The molecule has 0 aliphatic carbocycles. The van der Waals surface area contributed by atoms with E-state index >= 15 is 0 Å². The fourth-order valence-corrected chi connectivity index (χ4v) is 3.32. The lowest BCUT2D eigenvalue weighted by Crippen LogP contribution is -2.24. The summed E-state index contributed by atoms with van der Waals surface area (Å²) in [4.78, 5) is 2.37. The zero-order valence-electron chi connectivity index (χ0n) is 30.4. The van der Waals surface area contributed by atoms with Crippen LogP contribution in [0, 0.1) is 5.92 Å². The topological polar surface area (TPSA) is 62.2 Å². The number of aliphatic hydroxyl groups is 2. The summed E-state index contributed by atoms with van der Waals surface area (Å²) in [5.74, 6) is 0.737. The maximum atomic E-state index is 8.56. The molecular formula is C36H79NO4. The molecule has 0 rings (SSSR count). The van der Waals surface area contributed by atoms with E-state index in [1.165, 1.54) is 57.1 Å². The highest BCUT2D eigenvalue weighted by atomic mass is 16.5. The lowest BCUT2D eigenvalue weighted by Gasteiger charge is -2.24. The molecule has 0 saturated carbocycles. The molecule has 0 aliphatic rings. The summed E-state index contributed by atoms with van der Waals surface area (Å²) in [7, 11) is 1.00. The third-order valence-corrected chi connectivity index (χ3v) is 5.51. The standard InChI is InChI=1S/C20H37NO.C6H14.C5H12O2.2C2H6.CH4O/c1-6-11-15-19(9-4)18-22-17-12-16-21(10-5)20(13-7-2)14-8-3;1-3-5-6-4-2;1-3-7-4-5(2)6;3*1-2/h7-8,13-14,19H,2,6,9-12,15-18H2,1,3-5H3;3-6H2,1-2H3;5-6H,3-4H2,1-2H3;2*1-2H3;2H,1H3/b14-8-,20-13+;;;;;. The summed E-state index contributed by atoms with van der Waals surface area (Å²) in [5, 5.41) is 15.6. The molecule has 2 unspecified atom stereocenters. The van der Waals surface area contributed by atoms with Crippen LogP contribution in [0.4, 0.5) is 0 Å². The number of nitrogens with zero attached hydrogens (tertiary/aromatic N) is 1. The zero-order chi connectivity index (χ0) is 33.2. The summed E-state index contributed by atoms with van der Waals surface area (Å²) < 4.78 is 10.7. The summed E-state index contributed by atoms with van der Waals surface area (Å²) in [6.45, 7) is 33.6. The van der Waals surface area contributed by atoms with Crippen LogP contribution >= 0.6 is 0 Å². The molecule has 252 valence electrons. The van der Waals surface area contributed by atoms with Gasteiger partial charge in [0, 0.05) is 45.7 Å². The first-order valence-electron chi connectivity index (χ1n) is 16.9. The van der Waals surface area contributed by atoms with Crippen molar-refractivity contribution in [3.05, 3.63) is 36.6 Å². The van der Waals surface area contributed by atoms with Gasteiger partial charge in [-0.2, -0.15) is 0 Å². The van der Waals surface area contributed by atoms with Crippen molar-refractivity contribution in [2.24, 2.45) is 5.92 Å². The molecule has 5 heteroatoms. The maximum absolute atomic E-state index is 8.56. The molecule has 0 aromatic rings. The molecule has 0 bridgehead atoms. The van der Waals surface area contributed by atoms with Crippen molar-refractivity contribution in [1.82, 2.24) is 4.90 Å². The van der Waals surface area contributed by atoms with E-state index < -0.39 is 0 Å². The highest BCUT2D eigenvalue weighted by Crippen LogP contribution is 2.13. The Hall–Kier alpha value is -1.14. The molecule has 5 nitrogen and oxygen atoms in total. The first kappa shape index (κ1) is 52.5. The smallest absolute Gasteiger partial charge is 0.0745 e. The van der Waals surface area contributed by atoms with E-state index in [1.807, 2.05) is 40.7 Å². The molecule has 0 heterocycles. The Morgan fingerprint density at radius 1 is 0.829 bits per heavy atom. The van der Waals surface area contributed by atoms with Crippen LogP contribution in [-0.4, -0.2) is 67.8 Å². The second-order valence-electron chi connectivity index (χ2n) is 8.97. The van der Waals surface area contributed by atoms with Crippen LogP contribution in [0.5, 0.6) is 0 Å². The molecule has 0 aromatic heterocycles. The first-order valence-corrected chi connectivity index (χ1v) is 16.9. The number of aliphatic hydroxyl groups excluding tert-OH is 2. The number of allylic oxidation sites excluding steroid dienone is 4. The van der Waals surface area contributed by atoms with Crippen molar-refractivity contribution in [2.75, 3.05) is 46.6 Å². The second kappa shape index (κ2) is 54.9. The van der Waals surface area contributed by atoms with Crippen LogP contribution in [0.15, 0.2) is 36.6 Å². The lowest BCUT2D eigenvalue weighted by atomic mass is 10.0. The van der Waals surface area contributed by atoms with E-state index in [2.05, 4.69) is 71.2 Å². The van der Waals surface area contributed by atoms with E-state index in [9.17, 15) is 0 Å². The zero-order valence-corrected chi connectivity index (χ0v) is 30.4. The number of likely N-dealkylation sites (N-methyl/N-ethyl adjacent to an activating group) is 1. The van der Waals surface area contributed by atoms with Crippen LogP contribution in [0.25, 0.3) is 0 Å². The molecule has 0 amide bonds. The van der Waals surface area contributed by atoms with Gasteiger partial charge < -0.3 is 24.6 Å². The molecule has 2 N–H and O–H groups in total. The first-order chi connectivity index (χ1) is 19.9. The Balaban J connectivity index is -0.000000131. The molecule has 0 aromatic carbocycles. The Kier molecular flexibility index (Phi) is 70.3. The summed E-state index contributed by atoms with van der Waals surface area (Å²) >= 11 is 0. The molecule has 0 spiro atoms. The normalized spacial score (nSPS) is 11.4. The average molecular weight is 590 g/mol. The van der Waals surface area contributed by atoms with Crippen LogP contribution in [0.3, 0.4) is 0 Å². The van der Waals surface area contributed by atoms with Gasteiger partial charge in [0.2, 0.25) is 0 Å². The van der Waals surface area contributed by atoms with Crippen LogP contribution in [-0.2, 0) is 9.47 Å². The highest BCUT2D eigenvalue weighted by molar-refractivity contribution is 5.21. The Labute approximate surface area is 260 Å². The molecule has 41 heavy (non-hydrogen) atoms. The molecular weight excluding hydrogens is 510 g/mol. The quantitative estimate of drug-likeness (QED) is 0.109. The predicted octanol–water partition coefficient (Wildman–Crippen LogP) is 10.2. The van der Waals surface area contributed by atoms with Gasteiger partial charge in [0.1, 0.15) is 0 Å². The summed E-state index contributed by atoms with van der Waals surface area (Å²) in [5.41, 5.74) is 1.23. The Bertz CT molecular complexity index is 460. The van der Waals surface area contributed by atoms with Gasteiger partial charge in [-0.15, -0.1) is 0 Å². The lowest BCUT2D eigenvalue weighted by molar-refractivity contribution is 0.0527. The number of unbranched alkanes of at least 4 members (excludes halogenated alkanes) is 4. The van der Waals surface area contributed by atoms with E-state index in [0.717, 1.165) is 45.8 Å². The third-order valence-electron chi connectivity index (χ3n) is 5.51. The van der Waals surface area contributed by atoms with Gasteiger partial charge in [0.25, 0.3) is 0 Å². The maximum Gasteiger partial charge on any atom is 0.0745 e. The second-order valence-corrected chi connectivity index (χ2v) is 8.97. The van der Waals surface area contributed by atoms with E-state index in [-0.39, 0.29) is 6.10 Å². The Morgan fingerprint density at radius 3 is 1.71 bits per heavy atom. The van der Waals surface area contributed by atoms with Gasteiger partial charge in [0.15, 0.2) is 0 Å². The highest BCUT2D eigenvalue weighted by Gasteiger charge is 2.07. The van der Waals surface area contributed by atoms with Crippen molar-refractivity contribution in [3.63, 3.8) is 0 Å². The van der Waals surface area contributed by atoms with E-state index in [0.29, 0.717) is 13.2 Å². The molecule has 0 aliphatic heterocycles. The SMILES string of the molecule is C=C/C=C(\C=C/C)N(CC)CCCOCC(CC)CCCC.CC.CC.CCCCCC.CCOCC(C)O.CO. The fraction of sp³-hybridized carbons (Fsp3) is 0.833. The predicted molar refractivity (Wildman–Crippen MR) is 188 cm³/mol. The van der Waals surface area contributed by atoms with Gasteiger partial charge in [0.05, 0.1) is 12.7 Å². The average Bonchev–Trinajstić information content (AvgIpc) is 3.02. The summed E-state index contributed by atoms with van der Waals surface area (Å²) in [6, 6.07) is 0. The number of ether oxygens (including phenoxy) is 2. The van der Waals surface area contributed by atoms with Gasteiger partial charge in [-0.25, -0.2) is 0 Å². The van der Waals surface area contributed by atoms with Crippen molar-refractivity contribution in [1.29, 1.82) is 0 Å². The van der Waals surface area contributed by atoms with Gasteiger partial charge in [-0.3, -0.25) is 0 Å². The monoisotopic (exact) mass is 590 g/mol. The van der Waals surface area contributed by atoms with Crippen molar-refractivity contribution in [3.8, 4) is 0 Å². The number of rotatable bonds is 20. The van der Waals surface area contributed by atoms with Gasteiger partial charge >= 0.3 is 0 Å². The fourth-order valence-electron chi connectivity index (χ4n) is 3.32. The van der Waals surface area contributed by atoms with Crippen molar-refractivity contribution < 1.29 is 19.7 Å². The van der Waals surface area contributed by atoms with Gasteiger partial charge in [-0.05, 0) is 58.6 Å². The molecule has 0 radical (unpaired) electrons. The van der Waals surface area contributed by atoms with Crippen LogP contribution in [0.1, 0.15) is 141 Å². The molecule has 2 atom stereocenters. The van der Waals surface area contributed by atoms with Crippen molar-refractivity contribution >= 4 is 0 Å². The minimum atomic E-state index is -0.319. The van der Waals surface area contributed by atoms with E-state index in [4.69, 9.17) is 19.7 Å². The minimum absolute atomic E-state index is 0.319. The summed E-state index contributed by atoms with van der Waals surface area (Å²) in [6.07, 6.45) is 19.6. The number of hydrogen-bond donors (Lipinski definition) is 2. The number of hydrogen-bond acceptors (Lipinski definition) is 5. The molecule has 0 saturated heterocycles. The molecule has 0 fully saturated rings. The van der Waals surface area contributed by atoms with E-state index in [1.54, 1.807) is 6.92 Å².